The minimum absolute atomic E-state index is 0.0334. The Bertz CT molecular complexity index is 1910. The number of hydrogen-bond acceptors (Lipinski definition) is 18. The minimum Gasteiger partial charge on any atom is -0.386 e. The van der Waals surface area contributed by atoms with Gasteiger partial charge in [0.05, 0.1) is 19.5 Å². The van der Waals surface area contributed by atoms with Gasteiger partial charge in [-0.2, -0.15) is 4.31 Å². The van der Waals surface area contributed by atoms with Gasteiger partial charge in [0.2, 0.25) is 11.8 Å². The second-order valence-corrected chi connectivity index (χ2v) is 20.6. The molecule has 0 aromatic carbocycles. The fourth-order valence-corrected chi connectivity index (χ4v) is 9.67. The molecular weight excluding hydrogens is 903 g/mol. The Morgan fingerprint density at radius 1 is 0.919 bits per heavy atom. The summed E-state index contributed by atoms with van der Waals surface area (Å²) in [6, 6.07) is 0. The van der Waals surface area contributed by atoms with Crippen LogP contribution in [0.5, 0.6) is 0 Å². The topological polar surface area (TPSA) is 364 Å². The predicted octanol–water partition coefficient (Wildman–Crippen LogP) is 2.98. The van der Waals surface area contributed by atoms with Crippen LogP contribution < -0.4 is 16.4 Å². The number of nitrogen functional groups attached to an aromatic ring is 1. The lowest BCUT2D eigenvalue weighted by Gasteiger charge is -2.30. The second kappa shape index (κ2) is 25.3. The summed E-state index contributed by atoms with van der Waals surface area (Å²) in [4.78, 5) is 88.1. The first-order valence-corrected chi connectivity index (χ1v) is 25.6. The number of rotatable bonds is 30. The molecule has 28 heteroatoms. The highest BCUT2D eigenvalue weighted by molar-refractivity contribution is 8.13. The van der Waals surface area contributed by atoms with Crippen molar-refractivity contribution in [3.63, 3.8) is 0 Å². The Morgan fingerprint density at radius 2 is 1.55 bits per heavy atom. The molecule has 7 unspecified atom stereocenters. The van der Waals surface area contributed by atoms with E-state index in [1.807, 2.05) is 0 Å². The van der Waals surface area contributed by atoms with E-state index in [0.29, 0.717) is 12.2 Å². The highest BCUT2D eigenvalue weighted by Gasteiger charge is 2.50. The number of ether oxygens (including phenoxy) is 1. The molecule has 0 radical (unpaired) electrons. The maximum atomic E-state index is 12.7. The lowest BCUT2D eigenvalue weighted by molar-refractivity contribution is -0.137. The van der Waals surface area contributed by atoms with E-state index >= 15 is 0 Å². The molecular formula is C34H60N7O17P3S. The van der Waals surface area contributed by atoms with E-state index in [9.17, 15) is 57.9 Å². The van der Waals surface area contributed by atoms with Crippen LogP contribution in [0.25, 0.3) is 11.2 Å². The Morgan fingerprint density at radius 3 is 2.19 bits per heavy atom. The van der Waals surface area contributed by atoms with Gasteiger partial charge in [-0.1, -0.05) is 90.3 Å². The monoisotopic (exact) mass is 963 g/mol. The van der Waals surface area contributed by atoms with Crippen LogP contribution in [0, 0.1) is 5.41 Å². The molecule has 2 aromatic heterocycles. The number of hydrogen-bond donors (Lipinski definition) is 9. The van der Waals surface area contributed by atoms with Crippen LogP contribution in [-0.2, 0) is 50.7 Å². The van der Waals surface area contributed by atoms with E-state index in [4.69, 9.17) is 19.5 Å². The molecule has 2 aromatic rings. The minimum atomic E-state index is -5.57. The molecule has 62 heavy (non-hydrogen) atoms. The summed E-state index contributed by atoms with van der Waals surface area (Å²) < 4.78 is 62.3. The number of unbranched alkanes of at least 4 members (excludes halogenated alkanes) is 9. The van der Waals surface area contributed by atoms with Crippen molar-refractivity contribution in [2.45, 2.75) is 128 Å². The van der Waals surface area contributed by atoms with Crippen molar-refractivity contribution in [2.75, 3.05) is 37.8 Å². The van der Waals surface area contributed by atoms with Crippen LogP contribution in [-0.4, -0.2) is 123 Å². The molecule has 2 amide bonds. The first-order chi connectivity index (χ1) is 29.1. The molecule has 0 bridgehead atoms. The zero-order valence-corrected chi connectivity index (χ0v) is 38.4. The van der Waals surface area contributed by atoms with Crippen molar-refractivity contribution < 1.29 is 80.5 Å². The first kappa shape index (κ1) is 53.9. The average molecular weight is 964 g/mol. The Hall–Kier alpha value is -2.44. The largest absolute Gasteiger partial charge is 0.481 e. The summed E-state index contributed by atoms with van der Waals surface area (Å²) in [5, 5.41) is 26.6. The molecule has 1 aliphatic heterocycles. The van der Waals surface area contributed by atoms with Gasteiger partial charge in [0.1, 0.15) is 36.3 Å². The van der Waals surface area contributed by atoms with E-state index in [2.05, 4.69) is 41.3 Å². The van der Waals surface area contributed by atoms with Crippen LogP contribution in [0.3, 0.4) is 0 Å². The number of amides is 2. The number of aliphatic hydroxyl groups is 2. The van der Waals surface area contributed by atoms with E-state index in [-0.39, 0.29) is 41.6 Å². The third kappa shape index (κ3) is 18.6. The molecule has 24 nitrogen and oxygen atoms in total. The van der Waals surface area contributed by atoms with Gasteiger partial charge in [0, 0.05) is 37.1 Å². The van der Waals surface area contributed by atoms with Gasteiger partial charge in [0.25, 0.3) is 0 Å². The van der Waals surface area contributed by atoms with Crippen LogP contribution in [0.4, 0.5) is 5.82 Å². The van der Waals surface area contributed by atoms with Crippen LogP contribution >= 0.6 is 35.2 Å². The Labute approximate surface area is 363 Å². The van der Waals surface area contributed by atoms with Crippen molar-refractivity contribution in [3.8, 4) is 0 Å². The molecule has 354 valence electrons. The normalized spacial score (nSPS) is 20.7. The zero-order chi connectivity index (χ0) is 46.1. The summed E-state index contributed by atoms with van der Waals surface area (Å²) in [5.74, 6) is -1.02. The number of carbonyl (C=O) groups excluding carboxylic acids is 3. The quantitative estimate of drug-likeness (QED) is 0.0401. The summed E-state index contributed by atoms with van der Waals surface area (Å²) >= 11 is 1.15. The summed E-state index contributed by atoms with van der Waals surface area (Å²) in [6.07, 6.45) is 5.38. The van der Waals surface area contributed by atoms with Crippen molar-refractivity contribution >= 4 is 69.1 Å². The maximum absolute atomic E-state index is 12.7. The molecule has 0 spiro atoms. The van der Waals surface area contributed by atoms with Crippen molar-refractivity contribution in [3.05, 3.63) is 12.7 Å². The number of anilines is 1. The zero-order valence-electron chi connectivity index (χ0n) is 34.9. The highest BCUT2D eigenvalue weighted by Crippen LogP contribution is 2.61. The van der Waals surface area contributed by atoms with Crippen molar-refractivity contribution in [1.29, 1.82) is 0 Å². The molecule has 3 rings (SSSR count). The SMILES string of the molecule is CCCCCCCCCCCCC(=O)SCCNC(=O)CCNC(=O)C(O)C(C)(C)COP(=O)(O)OP(=O)(O)OCC1OC(n2cnc3c(N)ncnc32)C(O)C1OP(=O)(O)O. The van der Waals surface area contributed by atoms with Crippen molar-refractivity contribution in [1.82, 2.24) is 30.2 Å². The number of fused-ring (bicyclic) bond motifs is 1. The lowest BCUT2D eigenvalue weighted by Crippen LogP contribution is -2.46. The maximum Gasteiger partial charge on any atom is 0.481 e. The second-order valence-electron chi connectivity index (χ2n) is 15.2. The number of aromatic nitrogens is 4. The molecule has 1 aliphatic rings. The number of phosphoric acid groups is 3. The first-order valence-electron chi connectivity index (χ1n) is 20.1. The number of imidazole rings is 1. The number of thioether (sulfide) groups is 1. The summed E-state index contributed by atoms with van der Waals surface area (Å²) in [7, 11) is -16.4. The van der Waals surface area contributed by atoms with Gasteiger partial charge < -0.3 is 50.9 Å². The third-order valence-corrected chi connectivity index (χ3v) is 13.5. The third-order valence-electron chi connectivity index (χ3n) is 9.50. The Balaban J connectivity index is 1.37. The fourth-order valence-electron chi connectivity index (χ4n) is 6.12. The number of aliphatic hydroxyl groups excluding tert-OH is 2. The molecule has 1 saturated heterocycles. The lowest BCUT2D eigenvalue weighted by atomic mass is 9.87. The fraction of sp³-hybridized carbons (Fsp3) is 0.765. The van der Waals surface area contributed by atoms with Crippen LogP contribution in [0.1, 0.15) is 104 Å². The number of carbonyl (C=O) groups is 3. The Kier molecular flexibility index (Phi) is 22.0. The van der Waals surface area contributed by atoms with E-state index in [1.165, 1.54) is 58.8 Å². The molecule has 1 fully saturated rings. The number of phosphoric ester groups is 3. The summed E-state index contributed by atoms with van der Waals surface area (Å²) in [5.41, 5.74) is 4.28. The molecule has 3 heterocycles. The number of nitrogens with zero attached hydrogens (tertiary/aromatic N) is 4. The van der Waals surface area contributed by atoms with Gasteiger partial charge in [-0.25, -0.2) is 28.6 Å². The summed E-state index contributed by atoms with van der Waals surface area (Å²) in [6.45, 7) is 2.78. The smallest absolute Gasteiger partial charge is 0.386 e. The van der Waals surface area contributed by atoms with Crippen molar-refractivity contribution in [2.24, 2.45) is 5.41 Å². The van der Waals surface area contributed by atoms with Gasteiger partial charge in [-0.05, 0) is 6.42 Å². The standard InChI is InChI=1S/C34H60N7O17P3S/c1-4-5-6-7-8-9-10-11-12-13-14-25(43)62-18-17-36-24(42)15-16-37-32(46)29(45)34(2,3)20-55-61(52,53)58-60(50,51)54-19-23-28(57-59(47,48)49)27(44)33(56-23)41-22-40-26-30(35)38-21-39-31(26)41/h21-23,27-29,33,44-45H,4-20H2,1-3H3,(H,36,42)(H,37,46)(H,50,51)(H,52,53)(H2,35,38,39)(H2,47,48,49). The van der Waals surface area contributed by atoms with Gasteiger partial charge in [-0.3, -0.25) is 32.5 Å². The van der Waals surface area contributed by atoms with Crippen LogP contribution in [0.2, 0.25) is 0 Å². The number of nitrogens with one attached hydrogen (secondary N) is 2. The van der Waals surface area contributed by atoms with Gasteiger partial charge in [-0.15, -0.1) is 0 Å². The van der Waals surface area contributed by atoms with E-state index < -0.39 is 84.6 Å². The van der Waals surface area contributed by atoms with Gasteiger partial charge in [0.15, 0.2) is 22.8 Å². The average Bonchev–Trinajstić information content (AvgIpc) is 3.75. The van der Waals surface area contributed by atoms with Gasteiger partial charge >= 0.3 is 23.5 Å². The highest BCUT2D eigenvalue weighted by atomic mass is 32.2. The molecule has 0 aliphatic carbocycles. The van der Waals surface area contributed by atoms with Crippen LogP contribution in [0.15, 0.2) is 12.7 Å². The van der Waals surface area contributed by atoms with E-state index in [1.54, 1.807) is 0 Å². The molecule has 10 N–H and O–H groups in total. The number of nitrogens with two attached hydrogens (primary N) is 1. The predicted molar refractivity (Wildman–Crippen MR) is 224 cm³/mol. The van der Waals surface area contributed by atoms with E-state index in [0.717, 1.165) is 48.2 Å². The molecule has 7 atom stereocenters. The molecule has 0 saturated carbocycles.